The summed E-state index contributed by atoms with van der Waals surface area (Å²) in [4.78, 5) is 0. The summed E-state index contributed by atoms with van der Waals surface area (Å²) in [5.74, 6) is 0.635. The number of amidine groups is 1. The van der Waals surface area contributed by atoms with Gasteiger partial charge in [-0.2, -0.15) is 5.10 Å². The molecule has 2 rings (SSSR count). The molecular weight excluding hydrogens is 221 g/mol. The highest BCUT2D eigenvalue weighted by molar-refractivity contribution is 6.36. The molecule has 1 aliphatic heterocycles. The van der Waals surface area contributed by atoms with Crippen LogP contribution in [-0.4, -0.2) is 12.4 Å². The molecular formula is C9H9Cl2N3. The minimum Gasteiger partial charge on any atom is -0.386 e. The molecule has 0 saturated heterocycles. The summed E-state index contributed by atoms with van der Waals surface area (Å²) in [5, 5.41) is 7.15. The van der Waals surface area contributed by atoms with Gasteiger partial charge >= 0.3 is 0 Å². The molecule has 1 aromatic rings. The lowest BCUT2D eigenvalue weighted by Gasteiger charge is -2.14. The summed E-state index contributed by atoms with van der Waals surface area (Å²) in [6.07, 6.45) is 0.777. The topological polar surface area (TPSA) is 41.6 Å². The van der Waals surface area contributed by atoms with Gasteiger partial charge in [0.15, 0.2) is 0 Å². The largest absolute Gasteiger partial charge is 0.386 e. The third-order valence-electron chi connectivity index (χ3n) is 2.02. The summed E-state index contributed by atoms with van der Waals surface area (Å²) < 4.78 is 0. The van der Waals surface area contributed by atoms with Crippen molar-refractivity contribution in [2.75, 3.05) is 11.6 Å². The Morgan fingerprint density at radius 2 is 2.14 bits per heavy atom. The Hall–Kier alpha value is -0.930. The average Bonchev–Trinajstić information content (AvgIpc) is 2.51. The third kappa shape index (κ3) is 1.79. The number of hydrogen-bond acceptors (Lipinski definition) is 3. The van der Waals surface area contributed by atoms with E-state index < -0.39 is 0 Å². The lowest BCUT2D eigenvalue weighted by atomic mass is 10.3. The van der Waals surface area contributed by atoms with Gasteiger partial charge in [0.05, 0.1) is 10.7 Å². The number of benzene rings is 1. The van der Waals surface area contributed by atoms with Crippen LogP contribution in [0.3, 0.4) is 0 Å². The molecule has 0 unspecified atom stereocenters. The van der Waals surface area contributed by atoms with Crippen LogP contribution in [0.2, 0.25) is 10.0 Å². The zero-order valence-electron chi connectivity index (χ0n) is 7.37. The highest BCUT2D eigenvalue weighted by Crippen LogP contribution is 2.30. The molecule has 0 atom stereocenters. The maximum atomic E-state index is 6.02. The molecule has 0 radical (unpaired) electrons. The van der Waals surface area contributed by atoms with Gasteiger partial charge in [-0.15, -0.1) is 0 Å². The lowest BCUT2D eigenvalue weighted by molar-refractivity contribution is 0.922. The van der Waals surface area contributed by atoms with Crippen LogP contribution >= 0.6 is 23.2 Å². The van der Waals surface area contributed by atoms with Crippen molar-refractivity contribution < 1.29 is 0 Å². The van der Waals surface area contributed by atoms with Gasteiger partial charge in [0.25, 0.3) is 0 Å². The van der Waals surface area contributed by atoms with Crippen LogP contribution in [0.5, 0.6) is 0 Å². The second-order valence-corrected chi connectivity index (χ2v) is 3.90. The molecule has 0 fully saturated rings. The fraction of sp³-hybridized carbons (Fsp3) is 0.222. The Balaban J connectivity index is 2.33. The van der Waals surface area contributed by atoms with Crippen LogP contribution in [0, 0.1) is 0 Å². The van der Waals surface area contributed by atoms with Gasteiger partial charge in [-0.3, -0.25) is 5.01 Å². The maximum Gasteiger partial charge on any atom is 0.122 e. The van der Waals surface area contributed by atoms with Gasteiger partial charge in [-0.1, -0.05) is 23.2 Å². The van der Waals surface area contributed by atoms with Crippen LogP contribution in [0.15, 0.2) is 23.3 Å². The Kier molecular flexibility index (Phi) is 2.52. The van der Waals surface area contributed by atoms with E-state index in [1.807, 2.05) is 6.07 Å². The predicted octanol–water partition coefficient (Wildman–Crippen LogP) is 2.48. The van der Waals surface area contributed by atoms with Gasteiger partial charge in [0.1, 0.15) is 5.84 Å². The van der Waals surface area contributed by atoms with Gasteiger partial charge < -0.3 is 5.73 Å². The molecule has 1 heterocycles. The normalized spacial score (nSPS) is 15.9. The first-order chi connectivity index (χ1) is 6.66. The Morgan fingerprint density at radius 3 is 2.71 bits per heavy atom. The molecule has 3 nitrogen and oxygen atoms in total. The van der Waals surface area contributed by atoms with E-state index in [9.17, 15) is 0 Å². The molecule has 0 bridgehead atoms. The van der Waals surface area contributed by atoms with Gasteiger partial charge in [0, 0.05) is 18.0 Å². The molecule has 1 aromatic carbocycles. The summed E-state index contributed by atoms with van der Waals surface area (Å²) in [6.45, 7) is 0.771. The van der Waals surface area contributed by atoms with E-state index in [0.29, 0.717) is 15.9 Å². The number of rotatable bonds is 1. The summed E-state index contributed by atoms with van der Waals surface area (Å²) in [5.41, 5.74) is 6.43. The summed E-state index contributed by atoms with van der Waals surface area (Å²) in [6, 6.07) is 5.32. The molecule has 0 spiro atoms. The highest BCUT2D eigenvalue weighted by atomic mass is 35.5. The smallest absolute Gasteiger partial charge is 0.122 e. The van der Waals surface area contributed by atoms with Crippen molar-refractivity contribution in [1.82, 2.24) is 0 Å². The molecule has 5 heteroatoms. The number of hydrazone groups is 1. The standard InChI is InChI=1S/C9H9Cl2N3/c10-6-1-2-8(7(11)5-6)14-4-3-9(12)13-14/h1-2,5H,3-4H2,(H2,12,13). The molecule has 74 valence electrons. The van der Waals surface area contributed by atoms with Crippen molar-refractivity contribution in [2.45, 2.75) is 6.42 Å². The average molecular weight is 230 g/mol. The third-order valence-corrected chi connectivity index (χ3v) is 2.55. The van der Waals surface area contributed by atoms with Crippen molar-refractivity contribution in [2.24, 2.45) is 10.8 Å². The van der Waals surface area contributed by atoms with Gasteiger partial charge in [-0.05, 0) is 18.2 Å². The first kappa shape index (κ1) is 9.62. The van der Waals surface area contributed by atoms with Crippen LogP contribution in [-0.2, 0) is 0 Å². The van der Waals surface area contributed by atoms with E-state index in [4.69, 9.17) is 28.9 Å². The zero-order valence-corrected chi connectivity index (χ0v) is 8.89. The van der Waals surface area contributed by atoms with Gasteiger partial charge in [-0.25, -0.2) is 0 Å². The van der Waals surface area contributed by atoms with E-state index in [1.54, 1.807) is 17.1 Å². The second kappa shape index (κ2) is 3.67. The number of nitrogens with two attached hydrogens (primary N) is 1. The zero-order chi connectivity index (χ0) is 10.1. The molecule has 0 amide bonds. The fourth-order valence-electron chi connectivity index (χ4n) is 1.34. The van der Waals surface area contributed by atoms with E-state index >= 15 is 0 Å². The first-order valence-electron chi connectivity index (χ1n) is 4.22. The molecule has 0 aliphatic carbocycles. The second-order valence-electron chi connectivity index (χ2n) is 3.06. The molecule has 0 saturated carbocycles. The lowest BCUT2D eigenvalue weighted by Crippen LogP contribution is -2.12. The predicted molar refractivity (Wildman–Crippen MR) is 60.0 cm³/mol. The van der Waals surface area contributed by atoms with E-state index in [-0.39, 0.29) is 0 Å². The maximum absolute atomic E-state index is 6.02. The number of nitrogens with zero attached hydrogens (tertiary/aromatic N) is 2. The molecule has 0 aromatic heterocycles. The summed E-state index contributed by atoms with van der Waals surface area (Å²) in [7, 11) is 0. The minimum atomic E-state index is 0.593. The van der Waals surface area contributed by atoms with Crippen LogP contribution in [0.4, 0.5) is 5.69 Å². The minimum absolute atomic E-state index is 0.593. The number of hydrogen-bond donors (Lipinski definition) is 1. The van der Waals surface area contributed by atoms with Crippen molar-refractivity contribution in [1.29, 1.82) is 0 Å². The monoisotopic (exact) mass is 229 g/mol. The number of halogens is 2. The highest BCUT2D eigenvalue weighted by Gasteiger charge is 2.15. The van der Waals surface area contributed by atoms with Crippen LogP contribution < -0.4 is 10.7 Å². The fourth-order valence-corrected chi connectivity index (χ4v) is 1.85. The van der Waals surface area contributed by atoms with Gasteiger partial charge in [0.2, 0.25) is 0 Å². The quantitative estimate of drug-likeness (QED) is 0.805. The van der Waals surface area contributed by atoms with Crippen LogP contribution in [0.25, 0.3) is 0 Å². The molecule has 1 aliphatic rings. The summed E-state index contributed by atoms with van der Waals surface area (Å²) >= 11 is 11.8. The van der Waals surface area contributed by atoms with Crippen LogP contribution in [0.1, 0.15) is 6.42 Å². The Labute approximate surface area is 92.1 Å². The van der Waals surface area contributed by atoms with E-state index in [1.165, 1.54) is 0 Å². The molecule has 2 N–H and O–H groups in total. The van der Waals surface area contributed by atoms with Crippen molar-refractivity contribution in [3.05, 3.63) is 28.2 Å². The van der Waals surface area contributed by atoms with E-state index in [2.05, 4.69) is 5.10 Å². The number of anilines is 1. The Bertz CT molecular complexity index is 390. The van der Waals surface area contributed by atoms with Crippen molar-refractivity contribution in [3.63, 3.8) is 0 Å². The first-order valence-corrected chi connectivity index (χ1v) is 4.98. The molecule has 14 heavy (non-hydrogen) atoms. The van der Waals surface area contributed by atoms with Crippen molar-refractivity contribution in [3.8, 4) is 0 Å². The van der Waals surface area contributed by atoms with Crippen molar-refractivity contribution >= 4 is 34.7 Å². The van der Waals surface area contributed by atoms with E-state index in [0.717, 1.165) is 18.7 Å². The SMILES string of the molecule is NC1=NN(c2ccc(Cl)cc2Cl)CC1. The Morgan fingerprint density at radius 1 is 1.36 bits per heavy atom.